The zero-order valence-corrected chi connectivity index (χ0v) is 8.65. The Kier molecular flexibility index (Phi) is 2.88. The summed E-state index contributed by atoms with van der Waals surface area (Å²) in [5.41, 5.74) is 8.01. The molecule has 4 heteroatoms. The number of aromatic nitrogens is 1. The number of pyridine rings is 1. The van der Waals surface area contributed by atoms with Crippen LogP contribution in [0.15, 0.2) is 16.9 Å². The number of aliphatic hydroxyl groups excluding tert-OH is 1. The second kappa shape index (κ2) is 4.16. The average Bonchev–Trinajstić information content (AvgIpc) is 2.23. The van der Waals surface area contributed by atoms with Crippen molar-refractivity contribution >= 4 is 0 Å². The number of nitrogens with zero attached hydrogens (tertiary/aromatic N) is 1. The summed E-state index contributed by atoms with van der Waals surface area (Å²) < 4.78 is 1.65. The van der Waals surface area contributed by atoms with Crippen LogP contribution in [0.5, 0.6) is 0 Å². The summed E-state index contributed by atoms with van der Waals surface area (Å²) in [6.07, 6.45) is 2.88. The molecule has 15 heavy (non-hydrogen) atoms. The number of rotatable bonds is 2. The van der Waals surface area contributed by atoms with Gasteiger partial charge in [-0.25, -0.2) is 0 Å². The van der Waals surface area contributed by atoms with Crippen LogP contribution in [0.1, 0.15) is 30.1 Å². The van der Waals surface area contributed by atoms with E-state index in [2.05, 4.69) is 0 Å². The Balaban J connectivity index is 2.53. The summed E-state index contributed by atoms with van der Waals surface area (Å²) in [6, 6.07) is 3.41. The van der Waals surface area contributed by atoms with Crippen molar-refractivity contribution in [2.45, 2.75) is 31.8 Å². The predicted molar refractivity (Wildman–Crippen MR) is 57.7 cm³/mol. The fourth-order valence-electron chi connectivity index (χ4n) is 2.24. The molecule has 1 aliphatic carbocycles. The minimum atomic E-state index is -0.0445. The largest absolute Gasteiger partial charge is 0.395 e. The molecule has 1 heterocycles. The topological polar surface area (TPSA) is 68.2 Å². The first-order valence-corrected chi connectivity index (χ1v) is 5.33. The molecule has 0 spiro atoms. The van der Waals surface area contributed by atoms with E-state index in [4.69, 9.17) is 10.8 Å². The SMILES string of the molecule is NC1CCCc2c1ccc(=O)n2CCO. The molecule has 1 unspecified atom stereocenters. The van der Waals surface area contributed by atoms with E-state index in [9.17, 15) is 4.79 Å². The van der Waals surface area contributed by atoms with E-state index in [1.165, 1.54) is 0 Å². The Bertz CT molecular complexity index is 412. The maximum Gasteiger partial charge on any atom is 0.250 e. The van der Waals surface area contributed by atoms with E-state index in [1.54, 1.807) is 10.6 Å². The average molecular weight is 208 g/mol. The van der Waals surface area contributed by atoms with Gasteiger partial charge < -0.3 is 15.4 Å². The van der Waals surface area contributed by atoms with Gasteiger partial charge in [-0.2, -0.15) is 0 Å². The van der Waals surface area contributed by atoms with Gasteiger partial charge in [0, 0.05) is 24.3 Å². The van der Waals surface area contributed by atoms with E-state index >= 15 is 0 Å². The van der Waals surface area contributed by atoms with Gasteiger partial charge in [-0.15, -0.1) is 0 Å². The van der Waals surface area contributed by atoms with Gasteiger partial charge >= 0.3 is 0 Å². The second-order valence-corrected chi connectivity index (χ2v) is 3.95. The third-order valence-electron chi connectivity index (χ3n) is 2.98. The lowest BCUT2D eigenvalue weighted by Crippen LogP contribution is -2.30. The first-order chi connectivity index (χ1) is 7.24. The summed E-state index contributed by atoms with van der Waals surface area (Å²) in [5.74, 6) is 0. The van der Waals surface area contributed by atoms with E-state index in [0.29, 0.717) is 6.54 Å². The van der Waals surface area contributed by atoms with Crippen molar-refractivity contribution in [1.82, 2.24) is 4.57 Å². The van der Waals surface area contributed by atoms with Crippen molar-refractivity contribution < 1.29 is 5.11 Å². The van der Waals surface area contributed by atoms with Crippen molar-refractivity contribution in [2.75, 3.05) is 6.61 Å². The molecule has 1 aromatic rings. The fourth-order valence-corrected chi connectivity index (χ4v) is 2.24. The highest BCUT2D eigenvalue weighted by molar-refractivity contribution is 5.27. The van der Waals surface area contributed by atoms with Crippen LogP contribution in [-0.4, -0.2) is 16.3 Å². The molecule has 82 valence electrons. The summed E-state index contributed by atoms with van der Waals surface area (Å²) >= 11 is 0. The van der Waals surface area contributed by atoms with Crippen LogP contribution in [-0.2, 0) is 13.0 Å². The molecule has 0 saturated carbocycles. The highest BCUT2D eigenvalue weighted by Crippen LogP contribution is 2.26. The molecule has 1 atom stereocenters. The second-order valence-electron chi connectivity index (χ2n) is 3.95. The van der Waals surface area contributed by atoms with E-state index in [0.717, 1.165) is 30.5 Å². The van der Waals surface area contributed by atoms with Gasteiger partial charge in [0.25, 0.3) is 5.56 Å². The lowest BCUT2D eigenvalue weighted by molar-refractivity contribution is 0.271. The van der Waals surface area contributed by atoms with Crippen molar-refractivity contribution in [3.8, 4) is 0 Å². The normalized spacial score (nSPS) is 20.0. The number of hydrogen-bond acceptors (Lipinski definition) is 3. The van der Waals surface area contributed by atoms with Gasteiger partial charge in [0.05, 0.1) is 6.61 Å². The van der Waals surface area contributed by atoms with E-state index in [1.807, 2.05) is 6.07 Å². The van der Waals surface area contributed by atoms with Crippen LogP contribution in [0.3, 0.4) is 0 Å². The van der Waals surface area contributed by atoms with Gasteiger partial charge in [0.1, 0.15) is 0 Å². The molecule has 0 fully saturated rings. The first kappa shape index (κ1) is 10.4. The van der Waals surface area contributed by atoms with Crippen LogP contribution in [0, 0.1) is 0 Å². The highest BCUT2D eigenvalue weighted by Gasteiger charge is 2.19. The van der Waals surface area contributed by atoms with Crippen molar-refractivity contribution in [1.29, 1.82) is 0 Å². The first-order valence-electron chi connectivity index (χ1n) is 5.33. The molecule has 0 saturated heterocycles. The monoisotopic (exact) mass is 208 g/mol. The summed E-state index contributed by atoms with van der Waals surface area (Å²) in [4.78, 5) is 11.6. The molecule has 1 aromatic heterocycles. The minimum absolute atomic E-state index is 0.00834. The Morgan fingerprint density at radius 3 is 3.07 bits per heavy atom. The fraction of sp³-hybridized carbons (Fsp3) is 0.545. The van der Waals surface area contributed by atoms with E-state index < -0.39 is 0 Å². The third-order valence-corrected chi connectivity index (χ3v) is 2.98. The Hall–Kier alpha value is -1.13. The number of nitrogens with two attached hydrogens (primary N) is 1. The molecule has 3 N–H and O–H groups in total. The molecule has 0 radical (unpaired) electrons. The molecule has 4 nitrogen and oxygen atoms in total. The summed E-state index contributed by atoms with van der Waals surface area (Å²) in [5, 5.41) is 8.92. The van der Waals surface area contributed by atoms with Crippen LogP contribution in [0.4, 0.5) is 0 Å². The van der Waals surface area contributed by atoms with Gasteiger partial charge in [-0.3, -0.25) is 4.79 Å². The molecule has 0 amide bonds. The molecule has 1 aliphatic rings. The van der Waals surface area contributed by atoms with Crippen LogP contribution >= 0.6 is 0 Å². The van der Waals surface area contributed by atoms with Crippen LogP contribution in [0.25, 0.3) is 0 Å². The zero-order chi connectivity index (χ0) is 10.8. The lowest BCUT2D eigenvalue weighted by Gasteiger charge is -2.25. The molecule has 0 aromatic carbocycles. The van der Waals surface area contributed by atoms with E-state index in [-0.39, 0.29) is 18.2 Å². The quantitative estimate of drug-likeness (QED) is 0.728. The minimum Gasteiger partial charge on any atom is -0.395 e. The van der Waals surface area contributed by atoms with Crippen LogP contribution < -0.4 is 11.3 Å². The molecular formula is C11H16N2O2. The van der Waals surface area contributed by atoms with Crippen molar-refractivity contribution in [2.24, 2.45) is 5.73 Å². The molecular weight excluding hydrogens is 192 g/mol. The number of fused-ring (bicyclic) bond motifs is 1. The zero-order valence-electron chi connectivity index (χ0n) is 8.65. The maximum absolute atomic E-state index is 11.6. The maximum atomic E-state index is 11.6. The van der Waals surface area contributed by atoms with Gasteiger partial charge in [-0.05, 0) is 24.8 Å². The summed E-state index contributed by atoms with van der Waals surface area (Å²) in [7, 11) is 0. The smallest absolute Gasteiger partial charge is 0.250 e. The lowest BCUT2D eigenvalue weighted by atomic mass is 9.91. The number of hydrogen-bond donors (Lipinski definition) is 2. The Morgan fingerprint density at radius 2 is 2.33 bits per heavy atom. The third kappa shape index (κ3) is 1.82. The van der Waals surface area contributed by atoms with Crippen molar-refractivity contribution in [3.05, 3.63) is 33.7 Å². The Morgan fingerprint density at radius 1 is 1.53 bits per heavy atom. The summed E-state index contributed by atoms with van der Waals surface area (Å²) in [6.45, 7) is 0.361. The Labute approximate surface area is 88.3 Å². The van der Waals surface area contributed by atoms with Crippen molar-refractivity contribution in [3.63, 3.8) is 0 Å². The standard InChI is InChI=1S/C11H16N2O2/c12-9-2-1-3-10-8(9)4-5-11(15)13(10)6-7-14/h4-5,9,14H,1-3,6-7,12H2. The van der Waals surface area contributed by atoms with Gasteiger partial charge in [-0.1, -0.05) is 6.07 Å². The molecule has 2 rings (SSSR count). The van der Waals surface area contributed by atoms with Crippen LogP contribution in [0.2, 0.25) is 0 Å². The highest BCUT2D eigenvalue weighted by atomic mass is 16.3. The van der Waals surface area contributed by atoms with Gasteiger partial charge in [0.15, 0.2) is 0 Å². The molecule has 0 bridgehead atoms. The number of aliphatic hydroxyl groups is 1. The predicted octanol–water partition coefficient (Wildman–Crippen LogP) is 0.177. The molecule has 0 aliphatic heterocycles. The van der Waals surface area contributed by atoms with Gasteiger partial charge in [0.2, 0.25) is 0 Å².